The maximum atomic E-state index is 6.83. The molecule has 0 saturated carbocycles. The summed E-state index contributed by atoms with van der Waals surface area (Å²) >= 11 is 1.49. The molecule has 0 spiro atoms. The molecule has 0 amide bonds. The first-order valence-electron chi connectivity index (χ1n) is 3.04. The van der Waals surface area contributed by atoms with E-state index in [1.54, 1.807) is 0 Å². The summed E-state index contributed by atoms with van der Waals surface area (Å²) in [4.78, 5) is 1.27. The van der Waals surface area contributed by atoms with Crippen LogP contribution in [0.5, 0.6) is 0 Å². The summed E-state index contributed by atoms with van der Waals surface area (Å²) < 4.78 is 0. The molecule has 52 valence electrons. The number of thioether (sulfide) groups is 1. The Labute approximate surface area is 61.0 Å². The maximum absolute atomic E-state index is 6.83. The molecule has 0 bridgehead atoms. The number of allylic oxidation sites excluding steroid dienone is 2. The quantitative estimate of drug-likeness (QED) is 0.476. The van der Waals surface area contributed by atoms with Crippen LogP contribution >= 0.6 is 11.8 Å². The summed E-state index contributed by atoms with van der Waals surface area (Å²) in [5.74, 6) is 0.557. The molecule has 0 atom stereocenters. The van der Waals surface area contributed by atoms with Gasteiger partial charge >= 0.3 is 0 Å². The number of hydrogen-bond acceptors (Lipinski definition) is 2. The van der Waals surface area contributed by atoms with Crippen LogP contribution in [-0.2, 0) is 0 Å². The molecule has 9 heavy (non-hydrogen) atoms. The van der Waals surface area contributed by atoms with Gasteiger partial charge in [0.05, 0.1) is 5.55 Å². The Balaban J connectivity index is 3.84. The van der Waals surface area contributed by atoms with Gasteiger partial charge in [0.15, 0.2) is 0 Å². The topological polar surface area (TPSA) is 23.9 Å². The Morgan fingerprint density at radius 2 is 2.11 bits per heavy atom. The first-order chi connectivity index (χ1) is 4.22. The zero-order valence-electron chi connectivity index (χ0n) is 6.14. The summed E-state index contributed by atoms with van der Waals surface area (Å²) in [6.07, 6.45) is 2.06. The van der Waals surface area contributed by atoms with Gasteiger partial charge in [0.2, 0.25) is 0 Å². The van der Waals surface area contributed by atoms with Crippen molar-refractivity contribution in [1.82, 2.24) is 0 Å². The third kappa shape index (κ3) is 3.36. The first kappa shape index (κ1) is 8.76. The van der Waals surface area contributed by atoms with E-state index in [-0.39, 0.29) is 0 Å². The van der Waals surface area contributed by atoms with E-state index in [2.05, 4.69) is 19.9 Å². The van der Waals surface area contributed by atoms with E-state index in [1.165, 1.54) is 22.2 Å². The van der Waals surface area contributed by atoms with Gasteiger partial charge in [-0.3, -0.25) is 0 Å². The Morgan fingerprint density at radius 3 is 2.22 bits per heavy atom. The molecular weight excluding hydrogens is 130 g/mol. The molecule has 0 aromatic heterocycles. The lowest BCUT2D eigenvalue weighted by molar-refractivity contribution is 0.816. The number of rotatable bonds is 3. The van der Waals surface area contributed by atoms with Crippen molar-refractivity contribution in [1.29, 1.82) is 5.41 Å². The van der Waals surface area contributed by atoms with Crippen molar-refractivity contribution < 1.29 is 0 Å². The molecule has 0 aliphatic heterocycles. The fourth-order valence-corrected chi connectivity index (χ4v) is 1.15. The fraction of sp³-hybridized carbons (Fsp3) is 0.571. The predicted octanol–water partition coefficient (Wildman–Crippen LogP) is 2.89. The summed E-state index contributed by atoms with van der Waals surface area (Å²) in [5.41, 5.74) is 1.37. The number of nitrogens with one attached hydrogen (secondary N) is 1. The molecule has 2 heteroatoms. The largest absolute Gasteiger partial charge is 0.302 e. The van der Waals surface area contributed by atoms with Crippen LogP contribution in [0.3, 0.4) is 0 Å². The van der Waals surface area contributed by atoms with E-state index in [1.807, 2.05) is 6.92 Å². The normalized spacial score (nSPS) is 12.2. The molecule has 1 nitrogen and oxygen atoms in total. The van der Waals surface area contributed by atoms with Gasteiger partial charge in [-0.1, -0.05) is 31.7 Å². The van der Waals surface area contributed by atoms with Gasteiger partial charge in [-0.2, -0.15) is 0 Å². The number of hydrogen-bond donors (Lipinski definition) is 1. The van der Waals surface area contributed by atoms with E-state index in [9.17, 15) is 0 Å². The molecule has 0 heterocycles. The van der Waals surface area contributed by atoms with Crippen LogP contribution in [-0.4, -0.2) is 5.55 Å². The Kier molecular flexibility index (Phi) is 4.50. The highest BCUT2D eigenvalue weighted by atomic mass is 32.2. The van der Waals surface area contributed by atoms with Crippen molar-refractivity contribution in [2.24, 2.45) is 5.92 Å². The highest BCUT2D eigenvalue weighted by molar-refractivity contribution is 8.15. The standard InChI is InChI=1S/C7H13NS/c1-4-7(6(2)3)9-5-8/h4-6,8H,1-3H3/b7-4-,8-5?. The highest BCUT2D eigenvalue weighted by Gasteiger charge is 1.98. The van der Waals surface area contributed by atoms with E-state index in [0.717, 1.165) is 0 Å². The van der Waals surface area contributed by atoms with Gasteiger partial charge in [0.25, 0.3) is 0 Å². The molecule has 0 rings (SSSR count). The third-order valence-electron chi connectivity index (χ3n) is 1.05. The minimum absolute atomic E-state index is 0.557. The predicted molar refractivity (Wildman–Crippen MR) is 45.0 cm³/mol. The van der Waals surface area contributed by atoms with Crippen LogP contribution in [0.4, 0.5) is 0 Å². The minimum atomic E-state index is 0.557. The Bertz CT molecular complexity index is 116. The van der Waals surface area contributed by atoms with Crippen molar-refractivity contribution in [2.75, 3.05) is 0 Å². The van der Waals surface area contributed by atoms with Crippen LogP contribution in [0, 0.1) is 11.3 Å². The van der Waals surface area contributed by atoms with Gasteiger partial charge in [0.1, 0.15) is 0 Å². The van der Waals surface area contributed by atoms with Gasteiger partial charge in [-0.25, -0.2) is 0 Å². The smallest absolute Gasteiger partial charge is 0.0551 e. The molecule has 0 aliphatic carbocycles. The van der Waals surface area contributed by atoms with Crippen molar-refractivity contribution >= 4 is 17.3 Å². The van der Waals surface area contributed by atoms with E-state index < -0.39 is 0 Å². The summed E-state index contributed by atoms with van der Waals surface area (Å²) in [6, 6.07) is 0. The SMILES string of the molecule is C/C=C(\SC=N)C(C)C. The lowest BCUT2D eigenvalue weighted by Gasteiger charge is -2.04. The monoisotopic (exact) mass is 143 g/mol. The molecule has 0 aliphatic rings. The molecule has 0 radical (unpaired) electrons. The van der Waals surface area contributed by atoms with Crippen molar-refractivity contribution in [3.63, 3.8) is 0 Å². The molecule has 0 aromatic carbocycles. The molecule has 0 saturated heterocycles. The third-order valence-corrected chi connectivity index (χ3v) is 2.15. The van der Waals surface area contributed by atoms with Gasteiger partial charge in [-0.05, 0) is 17.7 Å². The van der Waals surface area contributed by atoms with Crippen LogP contribution in [0.2, 0.25) is 0 Å². The van der Waals surface area contributed by atoms with E-state index in [4.69, 9.17) is 5.41 Å². The second-order valence-corrected chi connectivity index (χ2v) is 3.02. The first-order valence-corrected chi connectivity index (χ1v) is 3.92. The maximum Gasteiger partial charge on any atom is 0.0551 e. The fourth-order valence-electron chi connectivity index (χ4n) is 0.605. The zero-order valence-corrected chi connectivity index (χ0v) is 6.96. The molecule has 0 fully saturated rings. The summed E-state index contributed by atoms with van der Waals surface area (Å²) in [7, 11) is 0. The zero-order chi connectivity index (χ0) is 7.28. The Morgan fingerprint density at radius 1 is 1.56 bits per heavy atom. The van der Waals surface area contributed by atoms with Crippen molar-refractivity contribution in [3.8, 4) is 0 Å². The second-order valence-electron chi connectivity index (χ2n) is 2.08. The molecule has 0 unspecified atom stereocenters. The molecule has 0 aromatic rings. The lowest BCUT2D eigenvalue weighted by Crippen LogP contribution is -1.87. The summed E-state index contributed by atoms with van der Waals surface area (Å²) in [5, 5.41) is 6.83. The van der Waals surface area contributed by atoms with Crippen LogP contribution in [0.1, 0.15) is 20.8 Å². The highest BCUT2D eigenvalue weighted by Crippen LogP contribution is 2.20. The van der Waals surface area contributed by atoms with Crippen molar-refractivity contribution in [2.45, 2.75) is 20.8 Å². The lowest BCUT2D eigenvalue weighted by atomic mass is 10.2. The second kappa shape index (κ2) is 4.62. The van der Waals surface area contributed by atoms with Crippen molar-refractivity contribution in [3.05, 3.63) is 11.0 Å². The average Bonchev–Trinajstić information content (AvgIpc) is 1.82. The van der Waals surface area contributed by atoms with Crippen LogP contribution < -0.4 is 0 Å². The molecular formula is C7H13NS. The van der Waals surface area contributed by atoms with Gasteiger partial charge in [-0.15, -0.1) is 0 Å². The Hall–Kier alpha value is -0.240. The van der Waals surface area contributed by atoms with E-state index >= 15 is 0 Å². The van der Waals surface area contributed by atoms with Crippen LogP contribution in [0.25, 0.3) is 0 Å². The average molecular weight is 143 g/mol. The van der Waals surface area contributed by atoms with Gasteiger partial charge in [0, 0.05) is 0 Å². The summed E-state index contributed by atoms with van der Waals surface area (Å²) in [6.45, 7) is 6.27. The van der Waals surface area contributed by atoms with E-state index in [0.29, 0.717) is 5.92 Å². The minimum Gasteiger partial charge on any atom is -0.302 e. The van der Waals surface area contributed by atoms with Crippen LogP contribution in [0.15, 0.2) is 11.0 Å². The van der Waals surface area contributed by atoms with Gasteiger partial charge < -0.3 is 5.41 Å². The molecule has 1 N–H and O–H groups in total.